The van der Waals surface area contributed by atoms with Crippen LogP contribution in [0.5, 0.6) is 0 Å². The van der Waals surface area contributed by atoms with Gasteiger partial charge in [-0.25, -0.2) is 4.98 Å². The van der Waals surface area contributed by atoms with E-state index in [0.717, 1.165) is 43.0 Å². The number of carbonyl (C=O) groups excluding carboxylic acids is 1. The fraction of sp³-hybridized carbons (Fsp3) is 0.750. The molecule has 0 N–H and O–H groups in total. The molecule has 114 valence electrons. The Hall–Kier alpha value is -0.550. The molecular formula is C16H22N2OS2. The molecule has 21 heavy (non-hydrogen) atoms. The zero-order chi connectivity index (χ0) is 14.4. The summed E-state index contributed by atoms with van der Waals surface area (Å²) in [5.74, 6) is 2.94. The van der Waals surface area contributed by atoms with Crippen molar-refractivity contribution in [1.29, 1.82) is 0 Å². The molecule has 2 bridgehead atoms. The largest absolute Gasteiger partial charge is 0.341 e. The van der Waals surface area contributed by atoms with Gasteiger partial charge in [0.1, 0.15) is 5.25 Å². The molecule has 4 unspecified atom stereocenters. The first-order chi connectivity index (χ1) is 10.3. The van der Waals surface area contributed by atoms with Gasteiger partial charge in [-0.15, -0.1) is 23.1 Å². The summed E-state index contributed by atoms with van der Waals surface area (Å²) in [7, 11) is 0. The molecule has 2 saturated carbocycles. The molecule has 5 heteroatoms. The van der Waals surface area contributed by atoms with Crippen molar-refractivity contribution in [2.75, 3.05) is 19.3 Å². The van der Waals surface area contributed by atoms with Crippen molar-refractivity contribution in [2.45, 2.75) is 37.4 Å². The van der Waals surface area contributed by atoms with Crippen LogP contribution in [0.25, 0.3) is 0 Å². The molecule has 0 saturated heterocycles. The maximum Gasteiger partial charge on any atom is 0.241 e. The third-order valence-corrected chi connectivity index (χ3v) is 7.63. The van der Waals surface area contributed by atoms with Gasteiger partial charge in [-0.1, -0.05) is 6.42 Å². The number of hydrogen-bond donors (Lipinski definition) is 0. The van der Waals surface area contributed by atoms with Gasteiger partial charge in [0, 0.05) is 19.5 Å². The Kier molecular flexibility index (Phi) is 3.74. The topological polar surface area (TPSA) is 33.2 Å². The second-order valence-corrected chi connectivity index (χ2v) is 8.58. The molecule has 4 rings (SSSR count). The molecule has 2 aliphatic carbocycles. The van der Waals surface area contributed by atoms with Gasteiger partial charge in [0.05, 0.1) is 16.1 Å². The SMILES string of the molecule is CSC1C(=O)N(CC2CC3CCC2C3)CCc2ncsc21. The third kappa shape index (κ3) is 2.42. The summed E-state index contributed by atoms with van der Waals surface area (Å²) in [5, 5.41) is -0.0198. The maximum absolute atomic E-state index is 12.9. The predicted octanol–water partition coefficient (Wildman–Crippen LogP) is 3.37. The highest BCUT2D eigenvalue weighted by molar-refractivity contribution is 7.99. The quantitative estimate of drug-likeness (QED) is 0.855. The molecule has 0 aromatic carbocycles. The van der Waals surface area contributed by atoms with E-state index in [2.05, 4.69) is 9.88 Å². The fourth-order valence-corrected chi connectivity index (χ4v) is 6.55. The summed E-state index contributed by atoms with van der Waals surface area (Å²) in [6.07, 6.45) is 8.60. The summed E-state index contributed by atoms with van der Waals surface area (Å²) < 4.78 is 0. The van der Waals surface area contributed by atoms with Crippen molar-refractivity contribution >= 4 is 29.0 Å². The minimum absolute atomic E-state index is 0.0198. The van der Waals surface area contributed by atoms with Gasteiger partial charge in [-0.3, -0.25) is 4.79 Å². The molecule has 1 amide bonds. The Morgan fingerprint density at radius 3 is 3.05 bits per heavy atom. The van der Waals surface area contributed by atoms with E-state index in [1.165, 1.54) is 30.6 Å². The first-order valence-corrected chi connectivity index (χ1v) is 10.2. The van der Waals surface area contributed by atoms with Crippen LogP contribution in [-0.2, 0) is 11.2 Å². The van der Waals surface area contributed by atoms with Crippen molar-refractivity contribution in [3.05, 3.63) is 16.1 Å². The summed E-state index contributed by atoms with van der Waals surface area (Å²) in [5.41, 5.74) is 3.05. The standard InChI is InChI=1S/C16H22N2OS2/c1-20-15-14-13(17-9-21-14)4-5-18(16(15)19)8-12-7-10-2-3-11(12)6-10/h9-12,15H,2-8H2,1H3. The number of fused-ring (bicyclic) bond motifs is 3. The summed E-state index contributed by atoms with van der Waals surface area (Å²) >= 11 is 3.32. The molecule has 2 fully saturated rings. The normalized spacial score (nSPS) is 35.1. The smallest absolute Gasteiger partial charge is 0.241 e. The number of aromatic nitrogens is 1. The van der Waals surface area contributed by atoms with Crippen molar-refractivity contribution in [3.63, 3.8) is 0 Å². The lowest BCUT2D eigenvalue weighted by molar-refractivity contribution is -0.131. The molecule has 0 radical (unpaired) electrons. The van der Waals surface area contributed by atoms with E-state index >= 15 is 0 Å². The molecule has 1 aromatic heterocycles. The molecule has 1 aromatic rings. The Morgan fingerprint density at radius 1 is 1.43 bits per heavy atom. The van der Waals surface area contributed by atoms with Crippen LogP contribution in [-0.4, -0.2) is 35.1 Å². The third-order valence-electron chi connectivity index (χ3n) is 5.64. The van der Waals surface area contributed by atoms with Crippen LogP contribution in [0, 0.1) is 17.8 Å². The number of nitrogens with zero attached hydrogens (tertiary/aromatic N) is 2. The van der Waals surface area contributed by atoms with E-state index in [-0.39, 0.29) is 5.25 Å². The summed E-state index contributed by atoms with van der Waals surface area (Å²) in [6, 6.07) is 0. The van der Waals surface area contributed by atoms with Gasteiger partial charge in [-0.05, 0) is 43.3 Å². The van der Waals surface area contributed by atoms with Crippen LogP contribution in [0.1, 0.15) is 41.5 Å². The average molecular weight is 322 g/mol. The van der Waals surface area contributed by atoms with E-state index in [9.17, 15) is 4.79 Å². The van der Waals surface area contributed by atoms with E-state index in [1.807, 2.05) is 11.8 Å². The van der Waals surface area contributed by atoms with Crippen LogP contribution >= 0.6 is 23.1 Å². The monoisotopic (exact) mass is 322 g/mol. The first-order valence-electron chi connectivity index (χ1n) is 8.00. The highest BCUT2D eigenvalue weighted by Crippen LogP contribution is 2.49. The van der Waals surface area contributed by atoms with Crippen molar-refractivity contribution < 1.29 is 4.79 Å². The Morgan fingerprint density at radius 2 is 2.33 bits per heavy atom. The number of carbonyl (C=O) groups is 1. The fourth-order valence-electron chi connectivity index (χ4n) is 4.58. The molecule has 3 nitrogen and oxygen atoms in total. The molecular weight excluding hydrogens is 300 g/mol. The van der Waals surface area contributed by atoms with Crippen molar-refractivity contribution in [1.82, 2.24) is 9.88 Å². The van der Waals surface area contributed by atoms with Crippen LogP contribution in [0.4, 0.5) is 0 Å². The van der Waals surface area contributed by atoms with Gasteiger partial charge in [0.2, 0.25) is 5.91 Å². The molecule has 3 aliphatic rings. The molecule has 2 heterocycles. The lowest BCUT2D eigenvalue weighted by atomic mass is 9.88. The second kappa shape index (κ2) is 5.58. The highest BCUT2D eigenvalue weighted by atomic mass is 32.2. The van der Waals surface area contributed by atoms with E-state index in [1.54, 1.807) is 23.1 Å². The van der Waals surface area contributed by atoms with E-state index in [4.69, 9.17) is 0 Å². The van der Waals surface area contributed by atoms with Crippen molar-refractivity contribution in [2.24, 2.45) is 17.8 Å². The van der Waals surface area contributed by atoms with Gasteiger partial charge in [-0.2, -0.15) is 0 Å². The zero-order valence-electron chi connectivity index (χ0n) is 12.5. The van der Waals surface area contributed by atoms with Crippen LogP contribution in [0.3, 0.4) is 0 Å². The van der Waals surface area contributed by atoms with Gasteiger partial charge in [0.25, 0.3) is 0 Å². The zero-order valence-corrected chi connectivity index (χ0v) is 14.1. The summed E-state index contributed by atoms with van der Waals surface area (Å²) in [6.45, 7) is 1.85. The predicted molar refractivity (Wildman–Crippen MR) is 87.6 cm³/mol. The molecule has 0 spiro atoms. The number of hydrogen-bond acceptors (Lipinski definition) is 4. The molecule has 4 atom stereocenters. The van der Waals surface area contributed by atoms with E-state index in [0.29, 0.717) is 5.91 Å². The van der Waals surface area contributed by atoms with Crippen LogP contribution in [0.15, 0.2) is 5.51 Å². The lowest BCUT2D eigenvalue weighted by Gasteiger charge is -2.30. The minimum atomic E-state index is -0.0198. The van der Waals surface area contributed by atoms with Gasteiger partial charge in [0.15, 0.2) is 0 Å². The number of thioether (sulfide) groups is 1. The maximum atomic E-state index is 12.9. The number of rotatable bonds is 3. The Bertz CT molecular complexity index is 544. The first kappa shape index (κ1) is 14.1. The Balaban J connectivity index is 1.51. The van der Waals surface area contributed by atoms with Gasteiger partial charge < -0.3 is 4.90 Å². The van der Waals surface area contributed by atoms with E-state index < -0.39 is 0 Å². The lowest BCUT2D eigenvalue weighted by Crippen LogP contribution is -2.38. The van der Waals surface area contributed by atoms with Gasteiger partial charge >= 0.3 is 0 Å². The summed E-state index contributed by atoms with van der Waals surface area (Å²) in [4.78, 5) is 20.7. The second-order valence-electron chi connectivity index (χ2n) is 6.75. The van der Waals surface area contributed by atoms with Crippen LogP contribution in [0.2, 0.25) is 0 Å². The highest BCUT2D eigenvalue weighted by Gasteiger charge is 2.41. The average Bonchev–Trinajstić information content (AvgIpc) is 3.19. The number of amides is 1. The molecule has 1 aliphatic heterocycles. The van der Waals surface area contributed by atoms with Crippen LogP contribution < -0.4 is 0 Å². The van der Waals surface area contributed by atoms with Crippen molar-refractivity contribution in [3.8, 4) is 0 Å². The number of thiazole rings is 1. The minimum Gasteiger partial charge on any atom is -0.341 e. The Labute approximate surface area is 134 Å².